The summed E-state index contributed by atoms with van der Waals surface area (Å²) in [7, 11) is 0. The average Bonchev–Trinajstić information content (AvgIpc) is 3.45. The van der Waals surface area contributed by atoms with Crippen molar-refractivity contribution in [2.75, 3.05) is 39.4 Å². The monoisotopic (exact) mass is 580 g/mol. The van der Waals surface area contributed by atoms with Crippen molar-refractivity contribution in [3.05, 3.63) is 108 Å². The third-order valence-corrected chi connectivity index (χ3v) is 8.08. The lowest BCUT2D eigenvalue weighted by Gasteiger charge is -2.22. The van der Waals surface area contributed by atoms with Crippen LogP contribution in [0.2, 0.25) is 0 Å². The van der Waals surface area contributed by atoms with Crippen LogP contribution in [-0.2, 0) is 13.1 Å². The number of nitrogens with zero attached hydrogens (tertiary/aromatic N) is 4. The molecular weight excluding hydrogens is 536 g/mol. The Kier molecular flexibility index (Phi) is 11.1. The molecule has 4 aromatic rings. The van der Waals surface area contributed by atoms with E-state index in [1.165, 1.54) is 11.1 Å². The minimum Gasteiger partial charge on any atom is -0.493 e. The van der Waals surface area contributed by atoms with Crippen LogP contribution in [0.15, 0.2) is 85.2 Å². The molecule has 0 radical (unpaired) electrons. The first kappa shape index (κ1) is 30.7. The van der Waals surface area contributed by atoms with E-state index < -0.39 is 0 Å². The van der Waals surface area contributed by atoms with E-state index in [1.54, 1.807) is 0 Å². The highest BCUT2D eigenvalue weighted by Gasteiger charge is 2.19. The smallest absolute Gasteiger partial charge is 0.122 e. The zero-order chi connectivity index (χ0) is 29.9. The van der Waals surface area contributed by atoms with Gasteiger partial charge in [0.1, 0.15) is 11.5 Å². The Hall–Kier alpha value is -3.78. The fourth-order valence-corrected chi connectivity index (χ4v) is 5.74. The van der Waals surface area contributed by atoms with Gasteiger partial charge in [-0.2, -0.15) is 0 Å². The molecule has 1 fully saturated rings. The van der Waals surface area contributed by atoms with E-state index in [0.29, 0.717) is 13.2 Å². The molecule has 1 aliphatic rings. The quantitative estimate of drug-likeness (QED) is 0.171. The molecule has 0 unspecified atom stereocenters. The summed E-state index contributed by atoms with van der Waals surface area (Å²) in [6.45, 7) is 10.7. The van der Waals surface area contributed by atoms with Crippen LogP contribution >= 0.6 is 0 Å². The van der Waals surface area contributed by atoms with Crippen molar-refractivity contribution < 1.29 is 14.6 Å². The molecule has 1 saturated heterocycles. The van der Waals surface area contributed by atoms with Gasteiger partial charge in [0.15, 0.2) is 0 Å². The van der Waals surface area contributed by atoms with Crippen LogP contribution in [0.5, 0.6) is 11.5 Å². The molecular formula is C36H44N4O3. The Morgan fingerprint density at radius 3 is 1.86 bits per heavy atom. The number of ether oxygens (including phenoxy) is 2. The average molecular weight is 581 g/mol. The van der Waals surface area contributed by atoms with E-state index >= 15 is 0 Å². The fourth-order valence-electron chi connectivity index (χ4n) is 5.74. The molecule has 5 rings (SSSR count). The minimum atomic E-state index is -0.174. The molecule has 0 spiro atoms. The van der Waals surface area contributed by atoms with Crippen molar-refractivity contribution in [1.29, 1.82) is 0 Å². The Labute approximate surface area is 256 Å². The Morgan fingerprint density at radius 2 is 1.35 bits per heavy atom. The highest BCUT2D eigenvalue weighted by atomic mass is 16.5. The molecule has 226 valence electrons. The lowest BCUT2D eigenvalue weighted by molar-refractivity contribution is 0.173. The Morgan fingerprint density at radius 1 is 0.767 bits per heavy atom. The number of likely N-dealkylation sites (tertiary alicyclic amines) is 1. The molecule has 0 saturated carbocycles. The van der Waals surface area contributed by atoms with Crippen LogP contribution in [0.3, 0.4) is 0 Å². The number of aromatic nitrogens is 2. The van der Waals surface area contributed by atoms with Crippen molar-refractivity contribution in [2.24, 2.45) is 0 Å². The molecule has 7 heteroatoms. The van der Waals surface area contributed by atoms with Gasteiger partial charge >= 0.3 is 0 Å². The summed E-state index contributed by atoms with van der Waals surface area (Å²) in [5, 5.41) is 9.74. The van der Waals surface area contributed by atoms with Gasteiger partial charge in [-0.15, -0.1) is 0 Å². The first-order valence-corrected chi connectivity index (χ1v) is 15.4. The number of hydrogen-bond acceptors (Lipinski definition) is 7. The molecule has 2 aromatic heterocycles. The zero-order valence-corrected chi connectivity index (χ0v) is 25.5. The van der Waals surface area contributed by atoms with E-state index in [0.717, 1.165) is 92.5 Å². The van der Waals surface area contributed by atoms with Crippen molar-refractivity contribution in [3.8, 4) is 22.6 Å². The van der Waals surface area contributed by atoms with Crippen molar-refractivity contribution in [3.63, 3.8) is 0 Å². The number of rotatable bonds is 15. The lowest BCUT2D eigenvalue weighted by atomic mass is 9.95. The second-order valence-electron chi connectivity index (χ2n) is 11.4. The van der Waals surface area contributed by atoms with Crippen LogP contribution in [-0.4, -0.2) is 70.4 Å². The van der Waals surface area contributed by atoms with Gasteiger partial charge in [-0.25, -0.2) is 0 Å². The number of aliphatic hydroxyl groups is 1. The van der Waals surface area contributed by atoms with E-state index in [-0.39, 0.29) is 6.10 Å². The van der Waals surface area contributed by atoms with Gasteiger partial charge in [0.25, 0.3) is 0 Å². The highest BCUT2D eigenvalue weighted by Crippen LogP contribution is 2.35. The van der Waals surface area contributed by atoms with E-state index in [1.807, 2.05) is 36.7 Å². The summed E-state index contributed by atoms with van der Waals surface area (Å²) in [4.78, 5) is 13.7. The molecule has 7 nitrogen and oxygen atoms in total. The third-order valence-electron chi connectivity index (χ3n) is 8.08. The van der Waals surface area contributed by atoms with Crippen molar-refractivity contribution >= 4 is 0 Å². The number of β-amino-alcohol motifs (C(OH)–C–C–N with tert-alkyl or cyclic N) is 1. The molecule has 1 aliphatic heterocycles. The summed E-state index contributed by atoms with van der Waals surface area (Å²) >= 11 is 0. The summed E-state index contributed by atoms with van der Waals surface area (Å²) < 4.78 is 12.6. The summed E-state index contributed by atoms with van der Waals surface area (Å²) in [5.74, 6) is 1.84. The maximum Gasteiger partial charge on any atom is 0.122 e. The predicted molar refractivity (Wildman–Crippen MR) is 171 cm³/mol. The largest absolute Gasteiger partial charge is 0.493 e. The standard InChI is InChI=1S/C36H44N4O3/c1-28-33(13-7-15-35(28)42-23-9-20-39-22-17-32(41)27-39)34-14-8-16-36(29(34)2)43-24-10-21-40(25-30-11-3-5-18-37-30)26-31-12-4-6-19-38-31/h3-8,11-16,18-19,32,41H,9-10,17,20-27H2,1-2H3/t32-/m1/s1. The molecule has 3 heterocycles. The number of hydrogen-bond donors (Lipinski definition) is 1. The van der Waals surface area contributed by atoms with Gasteiger partial charge in [-0.3, -0.25) is 14.9 Å². The normalized spacial score (nSPS) is 15.2. The second kappa shape index (κ2) is 15.6. The Bertz CT molecular complexity index is 1380. The van der Waals surface area contributed by atoms with Crippen LogP contribution in [0.25, 0.3) is 11.1 Å². The van der Waals surface area contributed by atoms with Crippen molar-refractivity contribution in [1.82, 2.24) is 19.8 Å². The van der Waals surface area contributed by atoms with Crippen LogP contribution < -0.4 is 9.47 Å². The van der Waals surface area contributed by atoms with Gasteiger partial charge in [0.05, 0.1) is 30.7 Å². The number of aliphatic hydroxyl groups excluding tert-OH is 1. The summed E-state index contributed by atoms with van der Waals surface area (Å²) in [6, 6.07) is 24.7. The van der Waals surface area contributed by atoms with E-state index in [4.69, 9.17) is 9.47 Å². The predicted octanol–water partition coefficient (Wildman–Crippen LogP) is 6.07. The Balaban J connectivity index is 1.17. The molecule has 1 N–H and O–H groups in total. The molecule has 0 bridgehead atoms. The number of pyridine rings is 2. The van der Waals surface area contributed by atoms with Crippen molar-refractivity contribution in [2.45, 2.75) is 52.3 Å². The summed E-state index contributed by atoms with van der Waals surface area (Å²) in [5.41, 5.74) is 6.71. The maximum absolute atomic E-state index is 9.74. The van der Waals surface area contributed by atoms with Crippen LogP contribution in [0, 0.1) is 13.8 Å². The highest BCUT2D eigenvalue weighted by molar-refractivity contribution is 5.74. The van der Waals surface area contributed by atoms with Gasteiger partial charge in [0.2, 0.25) is 0 Å². The van der Waals surface area contributed by atoms with Gasteiger partial charge in [-0.05, 0) is 91.8 Å². The fraction of sp³-hybridized carbons (Fsp3) is 0.389. The topological polar surface area (TPSA) is 71.0 Å². The lowest BCUT2D eigenvalue weighted by Crippen LogP contribution is -2.26. The second-order valence-corrected chi connectivity index (χ2v) is 11.4. The van der Waals surface area contributed by atoms with E-state index in [9.17, 15) is 5.11 Å². The van der Waals surface area contributed by atoms with Crippen LogP contribution in [0.4, 0.5) is 0 Å². The van der Waals surface area contributed by atoms with Gasteiger partial charge < -0.3 is 19.5 Å². The first-order valence-electron chi connectivity index (χ1n) is 15.4. The first-order chi connectivity index (χ1) is 21.1. The molecule has 1 atom stereocenters. The summed E-state index contributed by atoms with van der Waals surface area (Å²) in [6.07, 6.45) is 6.23. The molecule has 0 amide bonds. The minimum absolute atomic E-state index is 0.174. The van der Waals surface area contributed by atoms with Gasteiger partial charge in [0, 0.05) is 51.7 Å². The van der Waals surface area contributed by atoms with Gasteiger partial charge in [-0.1, -0.05) is 36.4 Å². The van der Waals surface area contributed by atoms with Crippen LogP contribution in [0.1, 0.15) is 41.8 Å². The molecule has 0 aliphatic carbocycles. The maximum atomic E-state index is 9.74. The molecule has 2 aromatic carbocycles. The van der Waals surface area contributed by atoms with E-state index in [2.05, 4.69) is 82.1 Å². The number of benzene rings is 2. The zero-order valence-electron chi connectivity index (χ0n) is 25.5. The third kappa shape index (κ3) is 8.86. The molecule has 43 heavy (non-hydrogen) atoms. The SMILES string of the molecule is Cc1c(OCCCN(Cc2ccccn2)Cc2ccccn2)cccc1-c1cccc(OCCCN2CC[C@@H](O)C2)c1C.